The van der Waals surface area contributed by atoms with Crippen molar-refractivity contribution in [2.45, 2.75) is 19.9 Å². The van der Waals surface area contributed by atoms with E-state index >= 15 is 0 Å². The molecule has 0 saturated heterocycles. The van der Waals surface area contributed by atoms with Crippen LogP contribution in [0.3, 0.4) is 0 Å². The van der Waals surface area contributed by atoms with Gasteiger partial charge in [-0.1, -0.05) is 19.9 Å². The summed E-state index contributed by atoms with van der Waals surface area (Å²) in [5.41, 5.74) is 1.04. The van der Waals surface area contributed by atoms with E-state index in [1.54, 1.807) is 24.6 Å². The fourth-order valence-electron chi connectivity index (χ4n) is 1.82. The summed E-state index contributed by atoms with van der Waals surface area (Å²) in [4.78, 5) is 5.46. The van der Waals surface area contributed by atoms with Crippen molar-refractivity contribution in [1.82, 2.24) is 4.98 Å². The summed E-state index contributed by atoms with van der Waals surface area (Å²) in [5, 5.41) is 5.66. The fraction of sp³-hybridized carbons (Fsp3) is 0.357. The molecule has 0 aliphatic carbocycles. The van der Waals surface area contributed by atoms with Crippen LogP contribution in [0.4, 0.5) is 5.69 Å². The van der Waals surface area contributed by atoms with Crippen molar-refractivity contribution >= 4 is 17.0 Å². The summed E-state index contributed by atoms with van der Waals surface area (Å²) in [7, 11) is 1.63. The number of anilines is 1. The first kappa shape index (κ1) is 12.9. The Hall–Kier alpha value is -1.55. The van der Waals surface area contributed by atoms with E-state index in [9.17, 15) is 0 Å². The molecule has 0 bridgehead atoms. The lowest BCUT2D eigenvalue weighted by Gasteiger charge is -2.22. The number of pyridine rings is 1. The molecule has 3 nitrogen and oxygen atoms in total. The molecule has 4 heteroatoms. The molecule has 1 unspecified atom stereocenters. The molecular weight excluding hydrogens is 244 g/mol. The average molecular weight is 262 g/mol. The van der Waals surface area contributed by atoms with Crippen molar-refractivity contribution in [3.8, 4) is 5.88 Å². The van der Waals surface area contributed by atoms with Gasteiger partial charge < -0.3 is 10.1 Å². The third kappa shape index (κ3) is 3.01. The summed E-state index contributed by atoms with van der Waals surface area (Å²) in [6.07, 6.45) is 1.76. The van der Waals surface area contributed by atoms with Crippen LogP contribution < -0.4 is 10.1 Å². The molecule has 18 heavy (non-hydrogen) atoms. The van der Waals surface area contributed by atoms with Crippen LogP contribution in [-0.4, -0.2) is 12.1 Å². The van der Waals surface area contributed by atoms with Gasteiger partial charge in [0.15, 0.2) is 0 Å². The fourth-order valence-corrected chi connectivity index (χ4v) is 2.77. The van der Waals surface area contributed by atoms with Crippen molar-refractivity contribution in [3.63, 3.8) is 0 Å². The third-order valence-corrected chi connectivity index (χ3v) is 3.74. The summed E-state index contributed by atoms with van der Waals surface area (Å²) in [6, 6.07) is 8.46. The number of rotatable bonds is 5. The Morgan fingerprint density at radius 2 is 2.17 bits per heavy atom. The van der Waals surface area contributed by atoms with Crippen molar-refractivity contribution in [2.75, 3.05) is 12.4 Å². The highest BCUT2D eigenvalue weighted by atomic mass is 32.1. The quantitative estimate of drug-likeness (QED) is 0.885. The zero-order valence-electron chi connectivity index (χ0n) is 10.9. The number of aromatic nitrogens is 1. The monoisotopic (exact) mass is 262 g/mol. The average Bonchev–Trinajstić information content (AvgIpc) is 2.89. The van der Waals surface area contributed by atoms with Crippen molar-refractivity contribution < 1.29 is 4.74 Å². The highest BCUT2D eigenvalue weighted by molar-refractivity contribution is 7.10. The molecule has 0 saturated carbocycles. The van der Waals surface area contributed by atoms with Gasteiger partial charge >= 0.3 is 0 Å². The van der Waals surface area contributed by atoms with Gasteiger partial charge in [0, 0.05) is 22.8 Å². The van der Waals surface area contributed by atoms with Crippen LogP contribution in [-0.2, 0) is 0 Å². The van der Waals surface area contributed by atoms with Gasteiger partial charge in [-0.2, -0.15) is 0 Å². The Bertz CT molecular complexity index is 482. The second-order valence-corrected chi connectivity index (χ2v) is 5.45. The molecule has 2 heterocycles. The van der Waals surface area contributed by atoms with Crippen LogP contribution in [0, 0.1) is 5.92 Å². The van der Waals surface area contributed by atoms with Gasteiger partial charge in [-0.05, 0) is 23.4 Å². The Labute approximate surface area is 112 Å². The van der Waals surface area contributed by atoms with E-state index in [0.717, 1.165) is 5.69 Å². The maximum absolute atomic E-state index is 5.14. The van der Waals surface area contributed by atoms with Gasteiger partial charge in [0.2, 0.25) is 5.88 Å². The van der Waals surface area contributed by atoms with E-state index in [2.05, 4.69) is 41.7 Å². The van der Waals surface area contributed by atoms with E-state index in [1.807, 2.05) is 12.1 Å². The summed E-state index contributed by atoms with van der Waals surface area (Å²) >= 11 is 1.78. The molecule has 0 aliphatic rings. The van der Waals surface area contributed by atoms with Gasteiger partial charge in [-0.25, -0.2) is 4.98 Å². The second-order valence-electron chi connectivity index (χ2n) is 4.47. The van der Waals surface area contributed by atoms with Gasteiger partial charge in [-0.3, -0.25) is 0 Å². The standard InChI is InChI=1S/C14H18N2OS/c1-10(2)14(12-5-4-8-18-12)16-11-6-7-15-13(9-11)17-3/h4-10,14H,1-3H3,(H,15,16). The smallest absolute Gasteiger partial charge is 0.214 e. The van der Waals surface area contributed by atoms with Crippen molar-refractivity contribution in [1.29, 1.82) is 0 Å². The van der Waals surface area contributed by atoms with Crippen LogP contribution in [0.1, 0.15) is 24.8 Å². The molecule has 1 atom stereocenters. The van der Waals surface area contributed by atoms with Crippen LogP contribution >= 0.6 is 11.3 Å². The number of nitrogens with zero attached hydrogens (tertiary/aromatic N) is 1. The zero-order chi connectivity index (χ0) is 13.0. The van der Waals surface area contributed by atoms with Gasteiger partial charge in [-0.15, -0.1) is 11.3 Å². The van der Waals surface area contributed by atoms with Gasteiger partial charge in [0.25, 0.3) is 0 Å². The van der Waals surface area contributed by atoms with E-state index < -0.39 is 0 Å². The number of nitrogens with one attached hydrogen (secondary N) is 1. The summed E-state index contributed by atoms with van der Waals surface area (Å²) in [5.74, 6) is 1.15. The van der Waals surface area contributed by atoms with Crippen molar-refractivity contribution in [3.05, 3.63) is 40.7 Å². The Balaban J connectivity index is 2.18. The zero-order valence-corrected chi connectivity index (χ0v) is 11.7. The van der Waals surface area contributed by atoms with Crippen LogP contribution in [0.25, 0.3) is 0 Å². The molecule has 0 fully saturated rings. The van der Waals surface area contributed by atoms with E-state index in [-0.39, 0.29) is 0 Å². The maximum atomic E-state index is 5.14. The summed E-state index contributed by atoms with van der Waals surface area (Å²) < 4.78 is 5.14. The highest BCUT2D eigenvalue weighted by Gasteiger charge is 2.16. The third-order valence-electron chi connectivity index (χ3n) is 2.78. The molecule has 0 aliphatic heterocycles. The Kier molecular flexibility index (Phi) is 4.20. The minimum atomic E-state index is 0.317. The molecule has 0 amide bonds. The maximum Gasteiger partial charge on any atom is 0.214 e. The lowest BCUT2D eigenvalue weighted by atomic mass is 10.0. The van der Waals surface area contributed by atoms with Gasteiger partial charge in [0.1, 0.15) is 0 Å². The lowest BCUT2D eigenvalue weighted by molar-refractivity contribution is 0.398. The Morgan fingerprint density at radius 3 is 2.78 bits per heavy atom. The molecular formula is C14H18N2OS. The van der Waals surface area contributed by atoms with Crippen LogP contribution in [0.2, 0.25) is 0 Å². The number of hydrogen-bond acceptors (Lipinski definition) is 4. The molecule has 2 aromatic heterocycles. The first-order valence-corrected chi connectivity index (χ1v) is 6.88. The van der Waals surface area contributed by atoms with Crippen LogP contribution in [0.5, 0.6) is 5.88 Å². The highest BCUT2D eigenvalue weighted by Crippen LogP contribution is 2.30. The lowest BCUT2D eigenvalue weighted by Crippen LogP contribution is -2.15. The topological polar surface area (TPSA) is 34.1 Å². The minimum absolute atomic E-state index is 0.317. The predicted octanol–water partition coefficient (Wildman–Crippen LogP) is 3.96. The van der Waals surface area contributed by atoms with E-state index in [4.69, 9.17) is 4.74 Å². The number of methoxy groups -OCH3 is 1. The van der Waals surface area contributed by atoms with Gasteiger partial charge in [0.05, 0.1) is 13.2 Å². The second kappa shape index (κ2) is 5.87. The molecule has 96 valence electrons. The first-order valence-electron chi connectivity index (χ1n) is 6.00. The molecule has 1 N–H and O–H groups in total. The summed E-state index contributed by atoms with van der Waals surface area (Å²) in [6.45, 7) is 4.44. The van der Waals surface area contributed by atoms with Crippen molar-refractivity contribution in [2.24, 2.45) is 5.92 Å². The number of ether oxygens (including phenoxy) is 1. The Morgan fingerprint density at radius 1 is 1.33 bits per heavy atom. The van der Waals surface area contributed by atoms with E-state index in [0.29, 0.717) is 17.8 Å². The minimum Gasteiger partial charge on any atom is -0.481 e. The largest absolute Gasteiger partial charge is 0.481 e. The normalized spacial score (nSPS) is 12.4. The molecule has 0 spiro atoms. The predicted molar refractivity (Wildman–Crippen MR) is 76.3 cm³/mol. The SMILES string of the molecule is COc1cc(NC(c2cccs2)C(C)C)ccn1. The molecule has 2 aromatic rings. The molecule has 0 aromatic carbocycles. The van der Waals surface area contributed by atoms with E-state index in [1.165, 1.54) is 4.88 Å². The number of hydrogen-bond donors (Lipinski definition) is 1. The van der Waals surface area contributed by atoms with Crippen LogP contribution in [0.15, 0.2) is 35.8 Å². The first-order chi connectivity index (χ1) is 8.70. The number of thiophene rings is 1. The molecule has 0 radical (unpaired) electrons. The molecule has 2 rings (SSSR count).